The Bertz CT molecular complexity index is 1470. The summed E-state index contributed by atoms with van der Waals surface area (Å²) < 4.78 is 8.28. The summed E-state index contributed by atoms with van der Waals surface area (Å²) in [7, 11) is 0. The van der Waals surface area contributed by atoms with Gasteiger partial charge in [0.1, 0.15) is 17.6 Å². The summed E-state index contributed by atoms with van der Waals surface area (Å²) in [6, 6.07) is 23.3. The fourth-order valence-electron chi connectivity index (χ4n) is 4.82. The van der Waals surface area contributed by atoms with Crippen LogP contribution in [0.5, 0.6) is 11.5 Å². The number of hydrogen-bond acceptors (Lipinski definition) is 5. The topological polar surface area (TPSA) is 83.2 Å². The number of ether oxygens (including phenoxy) is 1. The van der Waals surface area contributed by atoms with Gasteiger partial charge < -0.3 is 19.5 Å². The molecule has 0 unspecified atom stereocenters. The summed E-state index contributed by atoms with van der Waals surface area (Å²) in [5.41, 5.74) is 5.24. The summed E-state index contributed by atoms with van der Waals surface area (Å²) in [6.07, 6.45) is 4.34. The van der Waals surface area contributed by atoms with Crippen molar-refractivity contribution in [2.45, 2.75) is 25.6 Å². The molecule has 6 bridgehead atoms. The summed E-state index contributed by atoms with van der Waals surface area (Å²) in [5, 5.41) is 13.1. The lowest BCUT2D eigenvalue weighted by Gasteiger charge is -2.21. The number of nitrogens with one attached hydrogen (secondary N) is 1. The molecule has 2 aliphatic rings. The molecule has 1 fully saturated rings. The van der Waals surface area contributed by atoms with Crippen LogP contribution >= 0.6 is 0 Å². The van der Waals surface area contributed by atoms with Crippen LogP contribution < -0.4 is 15.0 Å². The number of amides is 1. The molecule has 172 valence electrons. The fraction of sp³-hybridized carbons (Fsp3) is 0.179. The molecule has 1 atom stereocenters. The second-order valence-corrected chi connectivity index (χ2v) is 8.81. The Morgan fingerprint density at radius 2 is 2.00 bits per heavy atom. The molecule has 0 spiro atoms. The monoisotopic (exact) mass is 461 g/mol. The molecule has 0 saturated carbocycles. The van der Waals surface area contributed by atoms with E-state index in [1.165, 1.54) is 0 Å². The predicted octanol–water partition coefficient (Wildman–Crippen LogP) is 4.47. The van der Waals surface area contributed by atoms with E-state index in [0.29, 0.717) is 36.7 Å². The van der Waals surface area contributed by atoms with Crippen LogP contribution in [0.3, 0.4) is 0 Å². The van der Waals surface area contributed by atoms with Crippen LogP contribution in [0.25, 0.3) is 11.1 Å². The van der Waals surface area contributed by atoms with E-state index in [-0.39, 0.29) is 11.9 Å². The number of hydrogen-bond donors (Lipinski definition) is 1. The lowest BCUT2D eigenvalue weighted by molar-refractivity contribution is -0.118. The minimum Gasteiger partial charge on any atom is -0.456 e. The summed E-state index contributed by atoms with van der Waals surface area (Å²) in [6.45, 7) is 1.76. The quantitative estimate of drug-likeness (QED) is 0.418. The number of imidazole rings is 1. The molecule has 1 aromatic heterocycles. The van der Waals surface area contributed by atoms with Gasteiger partial charge in [-0.25, -0.2) is 4.98 Å². The Morgan fingerprint density at radius 3 is 2.91 bits per heavy atom. The van der Waals surface area contributed by atoms with Gasteiger partial charge in [-0.3, -0.25) is 4.79 Å². The largest absolute Gasteiger partial charge is 0.456 e. The number of nitrogens with zero attached hydrogens (tertiary/aromatic N) is 4. The standard InChI is InChI=1S/C28H23N5O2/c29-14-21-9-8-19-12-27(21)35-23-5-3-4-20(13-23)24-6-1-2-7-26(24)33-11-10-25(28(33)34)31-16-22-15-30-18-32(22)17-19/h1-9,12-13,15,18,25,31H,10-11,16-17H2/t25-/m1/s1. The van der Waals surface area contributed by atoms with Crippen LogP contribution in [0.4, 0.5) is 5.69 Å². The van der Waals surface area contributed by atoms with Crippen molar-refractivity contribution in [2.75, 3.05) is 11.4 Å². The van der Waals surface area contributed by atoms with E-state index in [2.05, 4.69) is 16.4 Å². The number of aromatic nitrogens is 2. The van der Waals surface area contributed by atoms with Crippen LogP contribution in [0.2, 0.25) is 0 Å². The van der Waals surface area contributed by atoms with Crippen molar-refractivity contribution in [3.63, 3.8) is 0 Å². The van der Waals surface area contributed by atoms with Gasteiger partial charge in [0.2, 0.25) is 5.91 Å². The first-order valence-electron chi connectivity index (χ1n) is 11.6. The lowest BCUT2D eigenvalue weighted by Crippen LogP contribution is -2.38. The van der Waals surface area contributed by atoms with Gasteiger partial charge in [0, 0.05) is 31.4 Å². The Balaban J connectivity index is 1.48. The molecule has 7 nitrogen and oxygen atoms in total. The van der Waals surface area contributed by atoms with Crippen LogP contribution in [0, 0.1) is 11.3 Å². The van der Waals surface area contributed by atoms with Crippen LogP contribution in [0.1, 0.15) is 23.2 Å². The molecule has 3 heterocycles. The smallest absolute Gasteiger partial charge is 0.244 e. The SMILES string of the molecule is N#Cc1ccc2cc1Oc1cccc(c1)-c1ccccc1N1CC[C@@H](NCc3cncn3C2)C1=O. The zero-order valence-corrected chi connectivity index (χ0v) is 19.0. The van der Waals surface area contributed by atoms with Gasteiger partial charge >= 0.3 is 0 Å². The highest BCUT2D eigenvalue weighted by molar-refractivity contribution is 6.02. The first-order valence-corrected chi connectivity index (χ1v) is 11.6. The van der Waals surface area contributed by atoms with Gasteiger partial charge in [-0.05, 0) is 47.9 Å². The molecular formula is C28H23N5O2. The molecule has 35 heavy (non-hydrogen) atoms. The molecule has 3 aromatic carbocycles. The predicted molar refractivity (Wildman–Crippen MR) is 132 cm³/mol. The minimum absolute atomic E-state index is 0.0746. The van der Waals surface area contributed by atoms with E-state index < -0.39 is 0 Å². The van der Waals surface area contributed by atoms with E-state index in [4.69, 9.17) is 4.74 Å². The summed E-state index contributed by atoms with van der Waals surface area (Å²) >= 11 is 0. The maximum absolute atomic E-state index is 13.4. The van der Waals surface area contributed by atoms with Crippen LogP contribution in [-0.2, 0) is 17.9 Å². The Morgan fingerprint density at radius 1 is 1.09 bits per heavy atom. The highest BCUT2D eigenvalue weighted by atomic mass is 16.5. The minimum atomic E-state index is -0.252. The highest BCUT2D eigenvalue weighted by Gasteiger charge is 2.33. The second kappa shape index (κ2) is 8.75. The average Bonchev–Trinajstić information content (AvgIpc) is 3.48. The van der Waals surface area contributed by atoms with Crippen molar-refractivity contribution in [3.05, 3.63) is 96.1 Å². The summed E-state index contributed by atoms with van der Waals surface area (Å²) in [5.74, 6) is 1.22. The number of carbonyl (C=O) groups is 1. The van der Waals surface area contributed by atoms with Gasteiger partial charge in [-0.15, -0.1) is 0 Å². The van der Waals surface area contributed by atoms with E-state index in [9.17, 15) is 10.1 Å². The number of anilines is 1. The number of carbonyl (C=O) groups excluding carboxylic acids is 1. The Kier molecular flexibility index (Phi) is 5.28. The fourth-order valence-corrected chi connectivity index (χ4v) is 4.82. The number of para-hydroxylation sites is 1. The van der Waals surface area contributed by atoms with Crippen molar-refractivity contribution in [1.29, 1.82) is 5.26 Å². The number of benzene rings is 3. The van der Waals surface area contributed by atoms with Crippen molar-refractivity contribution in [2.24, 2.45) is 0 Å². The molecule has 1 amide bonds. The molecular weight excluding hydrogens is 438 g/mol. The zero-order valence-electron chi connectivity index (χ0n) is 19.0. The molecule has 6 rings (SSSR count). The normalized spacial score (nSPS) is 17.1. The molecule has 1 saturated heterocycles. The molecule has 7 heteroatoms. The first-order chi connectivity index (χ1) is 17.2. The average molecular weight is 462 g/mol. The lowest BCUT2D eigenvalue weighted by atomic mass is 10.0. The number of nitriles is 1. The van der Waals surface area contributed by atoms with E-state index in [0.717, 1.165) is 34.5 Å². The van der Waals surface area contributed by atoms with Crippen molar-refractivity contribution < 1.29 is 9.53 Å². The molecule has 2 aliphatic heterocycles. The Labute approximate surface area is 203 Å². The molecule has 4 aromatic rings. The second-order valence-electron chi connectivity index (χ2n) is 8.81. The number of rotatable bonds is 0. The third-order valence-electron chi connectivity index (χ3n) is 6.62. The van der Waals surface area contributed by atoms with Gasteiger partial charge in [-0.1, -0.05) is 36.4 Å². The molecule has 0 radical (unpaired) electrons. The van der Waals surface area contributed by atoms with E-state index >= 15 is 0 Å². The third kappa shape index (κ3) is 3.94. The molecule has 1 N–H and O–H groups in total. The highest BCUT2D eigenvalue weighted by Crippen LogP contribution is 2.36. The van der Waals surface area contributed by atoms with Gasteiger partial charge in [0.05, 0.1) is 29.3 Å². The van der Waals surface area contributed by atoms with E-state index in [1.807, 2.05) is 76.3 Å². The maximum atomic E-state index is 13.4. The van der Waals surface area contributed by atoms with Crippen molar-refractivity contribution in [3.8, 4) is 28.7 Å². The van der Waals surface area contributed by atoms with Crippen LogP contribution in [-0.4, -0.2) is 28.0 Å². The van der Waals surface area contributed by atoms with Crippen LogP contribution in [0.15, 0.2) is 79.3 Å². The Hall–Kier alpha value is -4.41. The summed E-state index contributed by atoms with van der Waals surface area (Å²) in [4.78, 5) is 19.6. The van der Waals surface area contributed by atoms with Crippen molar-refractivity contribution in [1.82, 2.24) is 14.9 Å². The zero-order chi connectivity index (χ0) is 23.8. The van der Waals surface area contributed by atoms with Gasteiger partial charge in [0.15, 0.2) is 0 Å². The first kappa shape index (κ1) is 21.1. The number of fused-ring (bicyclic) bond motifs is 10. The van der Waals surface area contributed by atoms with Crippen molar-refractivity contribution >= 4 is 11.6 Å². The van der Waals surface area contributed by atoms with E-state index in [1.54, 1.807) is 12.4 Å². The van der Waals surface area contributed by atoms with Gasteiger partial charge in [0.25, 0.3) is 0 Å². The van der Waals surface area contributed by atoms with Gasteiger partial charge in [-0.2, -0.15) is 5.26 Å². The molecule has 0 aliphatic carbocycles. The third-order valence-corrected chi connectivity index (χ3v) is 6.62. The maximum Gasteiger partial charge on any atom is 0.244 e.